The molecule has 2 rings (SSSR count). The largest absolute Gasteiger partial charge is 0.416 e. The van der Waals surface area contributed by atoms with Crippen molar-refractivity contribution in [3.63, 3.8) is 0 Å². The van der Waals surface area contributed by atoms with Crippen LogP contribution in [0, 0.1) is 0 Å². The average Bonchev–Trinajstić information content (AvgIpc) is 2.28. The number of hydrogen-bond acceptors (Lipinski definition) is 1. The third-order valence-electron chi connectivity index (χ3n) is 2.25. The van der Waals surface area contributed by atoms with Gasteiger partial charge in [0, 0.05) is 6.20 Å². The fourth-order valence-corrected chi connectivity index (χ4v) is 1.63. The molecule has 17 heavy (non-hydrogen) atoms. The molecule has 0 fully saturated rings. The normalized spacial score (nSPS) is 11.5. The Bertz CT molecular complexity index is 537. The maximum absolute atomic E-state index is 12.5. The van der Waals surface area contributed by atoms with Gasteiger partial charge < -0.3 is 0 Å². The number of hydrogen-bond donors (Lipinski definition) is 0. The number of pyridine rings is 1. The first-order valence-corrected chi connectivity index (χ1v) is 5.14. The standard InChI is InChI=1S/C12H7ClF3N/c13-11-7-9(4-5-17-11)8-2-1-3-10(6-8)12(14,15)16/h1-7H. The second-order valence-electron chi connectivity index (χ2n) is 3.45. The Kier molecular flexibility index (Phi) is 3.07. The molecule has 1 nitrogen and oxygen atoms in total. The van der Waals surface area contributed by atoms with Crippen LogP contribution in [0.25, 0.3) is 11.1 Å². The molecule has 0 aliphatic carbocycles. The quantitative estimate of drug-likeness (QED) is 0.689. The minimum atomic E-state index is -4.34. The molecule has 0 N–H and O–H groups in total. The summed E-state index contributed by atoms with van der Waals surface area (Å²) in [4.78, 5) is 3.78. The van der Waals surface area contributed by atoms with Crippen LogP contribution in [0.15, 0.2) is 42.6 Å². The van der Waals surface area contributed by atoms with Crippen molar-refractivity contribution in [2.75, 3.05) is 0 Å². The first kappa shape index (κ1) is 11.9. The highest BCUT2D eigenvalue weighted by molar-refractivity contribution is 6.29. The van der Waals surface area contributed by atoms with Gasteiger partial charge in [-0.05, 0) is 35.4 Å². The summed E-state index contributed by atoms with van der Waals surface area (Å²) in [5, 5.41) is 0.250. The molecule has 0 aliphatic rings. The molecule has 5 heteroatoms. The van der Waals surface area contributed by atoms with E-state index in [1.807, 2.05) is 0 Å². The van der Waals surface area contributed by atoms with Crippen molar-refractivity contribution in [1.82, 2.24) is 4.98 Å². The predicted octanol–water partition coefficient (Wildman–Crippen LogP) is 4.42. The minimum absolute atomic E-state index is 0.250. The Morgan fingerprint density at radius 2 is 1.71 bits per heavy atom. The lowest BCUT2D eigenvalue weighted by atomic mass is 10.0. The van der Waals surface area contributed by atoms with Gasteiger partial charge in [0.25, 0.3) is 0 Å². The van der Waals surface area contributed by atoms with E-state index >= 15 is 0 Å². The summed E-state index contributed by atoms with van der Waals surface area (Å²) in [7, 11) is 0. The zero-order chi connectivity index (χ0) is 12.5. The summed E-state index contributed by atoms with van der Waals surface area (Å²) in [6, 6.07) is 8.23. The van der Waals surface area contributed by atoms with E-state index in [1.54, 1.807) is 12.1 Å². The van der Waals surface area contributed by atoms with E-state index < -0.39 is 11.7 Å². The number of nitrogens with zero attached hydrogens (tertiary/aromatic N) is 1. The molecule has 1 heterocycles. The molecule has 0 amide bonds. The lowest BCUT2D eigenvalue weighted by Crippen LogP contribution is -2.04. The van der Waals surface area contributed by atoms with E-state index in [0.29, 0.717) is 11.1 Å². The molecule has 2 aromatic rings. The van der Waals surface area contributed by atoms with E-state index in [2.05, 4.69) is 4.98 Å². The van der Waals surface area contributed by atoms with Gasteiger partial charge in [0.15, 0.2) is 0 Å². The molecule has 0 unspecified atom stereocenters. The summed E-state index contributed by atoms with van der Waals surface area (Å²) in [5.41, 5.74) is 0.392. The molecule has 0 radical (unpaired) electrons. The van der Waals surface area contributed by atoms with Gasteiger partial charge in [-0.3, -0.25) is 0 Å². The molecule has 1 aromatic carbocycles. The van der Waals surface area contributed by atoms with Crippen molar-refractivity contribution >= 4 is 11.6 Å². The maximum atomic E-state index is 12.5. The van der Waals surface area contributed by atoms with Crippen molar-refractivity contribution in [1.29, 1.82) is 0 Å². The van der Waals surface area contributed by atoms with Gasteiger partial charge in [0.05, 0.1) is 5.56 Å². The van der Waals surface area contributed by atoms with Crippen molar-refractivity contribution in [2.45, 2.75) is 6.18 Å². The second kappa shape index (κ2) is 4.37. The monoisotopic (exact) mass is 257 g/mol. The fraction of sp³-hybridized carbons (Fsp3) is 0.0833. The van der Waals surface area contributed by atoms with E-state index in [0.717, 1.165) is 12.1 Å². The molecule has 0 atom stereocenters. The SMILES string of the molecule is FC(F)(F)c1cccc(-c2ccnc(Cl)c2)c1. The van der Waals surface area contributed by atoms with Crippen LogP contribution >= 0.6 is 11.6 Å². The van der Waals surface area contributed by atoms with Gasteiger partial charge in [0.1, 0.15) is 5.15 Å². The molecular weight excluding hydrogens is 251 g/mol. The van der Waals surface area contributed by atoms with Crippen molar-refractivity contribution < 1.29 is 13.2 Å². The smallest absolute Gasteiger partial charge is 0.245 e. The van der Waals surface area contributed by atoms with Crippen LogP contribution in [-0.2, 0) is 6.18 Å². The fourth-order valence-electron chi connectivity index (χ4n) is 1.46. The number of halogens is 4. The average molecular weight is 258 g/mol. The summed E-state index contributed by atoms with van der Waals surface area (Å²) in [5.74, 6) is 0. The first-order chi connectivity index (χ1) is 7.97. The molecule has 0 saturated heterocycles. The van der Waals surface area contributed by atoms with E-state index in [4.69, 9.17) is 11.6 Å². The maximum Gasteiger partial charge on any atom is 0.416 e. The molecule has 0 bridgehead atoms. The second-order valence-corrected chi connectivity index (χ2v) is 3.83. The Morgan fingerprint density at radius 3 is 2.35 bits per heavy atom. The number of alkyl halides is 3. The van der Waals surface area contributed by atoms with Crippen LogP contribution in [0.4, 0.5) is 13.2 Å². The minimum Gasteiger partial charge on any atom is -0.245 e. The Hall–Kier alpha value is -1.55. The Balaban J connectivity index is 2.47. The van der Waals surface area contributed by atoms with Crippen LogP contribution < -0.4 is 0 Å². The highest BCUT2D eigenvalue weighted by Crippen LogP contribution is 2.32. The summed E-state index contributed by atoms with van der Waals surface area (Å²) in [6.07, 6.45) is -2.88. The van der Waals surface area contributed by atoms with E-state index in [9.17, 15) is 13.2 Å². The summed E-state index contributed by atoms with van der Waals surface area (Å²) >= 11 is 5.69. The van der Waals surface area contributed by atoms with Crippen molar-refractivity contribution in [3.8, 4) is 11.1 Å². The zero-order valence-electron chi connectivity index (χ0n) is 8.50. The molecule has 0 saturated carbocycles. The molecule has 1 aromatic heterocycles. The molecule has 88 valence electrons. The van der Waals surface area contributed by atoms with E-state index in [1.165, 1.54) is 18.3 Å². The van der Waals surface area contributed by atoms with Crippen LogP contribution in [-0.4, -0.2) is 4.98 Å². The van der Waals surface area contributed by atoms with Crippen molar-refractivity contribution in [2.24, 2.45) is 0 Å². The number of rotatable bonds is 1. The molecule has 0 spiro atoms. The lowest BCUT2D eigenvalue weighted by Gasteiger charge is -2.08. The number of aromatic nitrogens is 1. The van der Waals surface area contributed by atoms with Crippen LogP contribution in [0.3, 0.4) is 0 Å². The van der Waals surface area contributed by atoms with Crippen LogP contribution in [0.2, 0.25) is 5.15 Å². The highest BCUT2D eigenvalue weighted by Gasteiger charge is 2.30. The van der Waals surface area contributed by atoms with Gasteiger partial charge in [-0.25, -0.2) is 4.98 Å². The van der Waals surface area contributed by atoms with Crippen LogP contribution in [0.1, 0.15) is 5.56 Å². The first-order valence-electron chi connectivity index (χ1n) is 4.76. The molecule has 0 aliphatic heterocycles. The van der Waals surface area contributed by atoms with Gasteiger partial charge in [0.2, 0.25) is 0 Å². The van der Waals surface area contributed by atoms with Gasteiger partial charge in [-0.1, -0.05) is 23.7 Å². The van der Waals surface area contributed by atoms with Gasteiger partial charge >= 0.3 is 6.18 Å². The van der Waals surface area contributed by atoms with Crippen LogP contribution in [0.5, 0.6) is 0 Å². The lowest BCUT2D eigenvalue weighted by molar-refractivity contribution is -0.137. The van der Waals surface area contributed by atoms with E-state index in [-0.39, 0.29) is 5.15 Å². The third kappa shape index (κ3) is 2.77. The third-order valence-corrected chi connectivity index (χ3v) is 2.46. The summed E-state index contributed by atoms with van der Waals surface area (Å²) < 4.78 is 37.6. The van der Waals surface area contributed by atoms with Crippen molar-refractivity contribution in [3.05, 3.63) is 53.3 Å². The zero-order valence-corrected chi connectivity index (χ0v) is 9.26. The Labute approximate surface area is 101 Å². The topological polar surface area (TPSA) is 12.9 Å². The summed E-state index contributed by atoms with van der Waals surface area (Å²) in [6.45, 7) is 0. The predicted molar refractivity (Wildman–Crippen MR) is 59.7 cm³/mol. The Morgan fingerprint density at radius 1 is 1.00 bits per heavy atom. The molecular formula is C12H7ClF3N. The van der Waals surface area contributed by atoms with Gasteiger partial charge in [-0.15, -0.1) is 0 Å². The highest BCUT2D eigenvalue weighted by atomic mass is 35.5. The van der Waals surface area contributed by atoms with Gasteiger partial charge in [-0.2, -0.15) is 13.2 Å². The number of benzene rings is 1.